The van der Waals surface area contributed by atoms with Crippen LogP contribution >= 0.6 is 15.9 Å². The number of hydrogen-bond donors (Lipinski definition) is 0. The molecular weight excluding hydrogens is 346 g/mol. The first-order valence-corrected chi connectivity index (χ1v) is 8.96. The van der Waals surface area contributed by atoms with Gasteiger partial charge in [0.2, 0.25) is 0 Å². The average Bonchev–Trinajstić information content (AvgIpc) is 2.31. The van der Waals surface area contributed by atoms with Gasteiger partial charge in [-0.15, -0.1) is 0 Å². The van der Waals surface area contributed by atoms with E-state index >= 15 is 0 Å². The molecule has 0 fully saturated rings. The summed E-state index contributed by atoms with van der Waals surface area (Å²) < 4.78 is 1.04. The third-order valence-electron chi connectivity index (χ3n) is 3.06. The van der Waals surface area contributed by atoms with Gasteiger partial charge in [-0.25, -0.2) is 0 Å². The van der Waals surface area contributed by atoms with Crippen molar-refractivity contribution in [3.63, 3.8) is 0 Å². The number of nitrogens with zero attached hydrogens (tertiary/aromatic N) is 1. The third-order valence-corrected chi connectivity index (χ3v) is 3.75. The van der Waals surface area contributed by atoms with E-state index in [0.29, 0.717) is 0 Å². The second-order valence-corrected chi connectivity index (χ2v) is 9.84. The van der Waals surface area contributed by atoms with Crippen LogP contribution in [0.25, 0.3) is 0 Å². The van der Waals surface area contributed by atoms with Crippen molar-refractivity contribution in [1.29, 1.82) is 0 Å². The zero-order valence-electron chi connectivity index (χ0n) is 15.8. The molecule has 0 N–H and O–H groups in total. The van der Waals surface area contributed by atoms with E-state index in [2.05, 4.69) is 89.2 Å². The molecule has 0 amide bonds. The lowest BCUT2D eigenvalue weighted by molar-refractivity contribution is 0.288. The average molecular weight is 376 g/mol. The van der Waals surface area contributed by atoms with E-state index in [1.165, 1.54) is 0 Å². The van der Waals surface area contributed by atoms with Crippen LogP contribution in [0.4, 0.5) is 0 Å². The SMILES string of the molecule is CC(C)(C)C#CC(=NC(C)(C)CC(C)(C)C)c1ccccc1Br. The first kappa shape index (κ1) is 20.0. The van der Waals surface area contributed by atoms with Crippen LogP contribution in [0.15, 0.2) is 33.7 Å². The summed E-state index contributed by atoms with van der Waals surface area (Å²) in [6.07, 6.45) is 1.01. The summed E-state index contributed by atoms with van der Waals surface area (Å²) in [5.41, 5.74) is 1.95. The van der Waals surface area contributed by atoms with E-state index in [9.17, 15) is 0 Å². The van der Waals surface area contributed by atoms with Gasteiger partial charge in [0.25, 0.3) is 0 Å². The molecule has 0 aliphatic carbocycles. The van der Waals surface area contributed by atoms with Crippen LogP contribution in [0.5, 0.6) is 0 Å². The fourth-order valence-electron chi connectivity index (χ4n) is 2.70. The fourth-order valence-corrected chi connectivity index (χ4v) is 3.17. The standard InChI is InChI=1S/C21H30BrN/c1-19(2,3)14-13-18(16-11-9-10-12-17(16)22)23-21(7,8)15-20(4,5)6/h9-12H,15H2,1-8H3. The highest BCUT2D eigenvalue weighted by Gasteiger charge is 2.25. The molecule has 2 heteroatoms. The number of hydrogen-bond acceptors (Lipinski definition) is 1. The molecule has 1 aromatic carbocycles. The van der Waals surface area contributed by atoms with Crippen LogP contribution < -0.4 is 0 Å². The zero-order chi connectivity index (χ0) is 17.9. The van der Waals surface area contributed by atoms with Gasteiger partial charge < -0.3 is 0 Å². The Morgan fingerprint density at radius 2 is 1.57 bits per heavy atom. The van der Waals surface area contributed by atoms with Crippen molar-refractivity contribution in [2.24, 2.45) is 15.8 Å². The highest BCUT2D eigenvalue weighted by Crippen LogP contribution is 2.30. The molecule has 0 saturated carbocycles. The molecule has 0 radical (unpaired) electrons. The Bertz CT molecular complexity index is 628. The topological polar surface area (TPSA) is 12.4 Å². The Balaban J connectivity index is 3.37. The van der Waals surface area contributed by atoms with Gasteiger partial charge in [-0.3, -0.25) is 4.99 Å². The van der Waals surface area contributed by atoms with E-state index in [1.54, 1.807) is 0 Å². The summed E-state index contributed by atoms with van der Waals surface area (Å²) in [7, 11) is 0. The number of aliphatic imine (C=N–C) groups is 1. The number of rotatable bonds is 3. The van der Waals surface area contributed by atoms with Crippen LogP contribution in [-0.2, 0) is 0 Å². The highest BCUT2D eigenvalue weighted by atomic mass is 79.9. The molecule has 0 unspecified atom stereocenters. The monoisotopic (exact) mass is 375 g/mol. The summed E-state index contributed by atoms with van der Waals surface area (Å²) in [4.78, 5) is 5.04. The maximum atomic E-state index is 5.04. The molecule has 23 heavy (non-hydrogen) atoms. The van der Waals surface area contributed by atoms with Crippen LogP contribution in [0.3, 0.4) is 0 Å². The second kappa shape index (κ2) is 7.22. The van der Waals surface area contributed by atoms with Crippen LogP contribution in [0.1, 0.15) is 67.4 Å². The number of benzene rings is 1. The van der Waals surface area contributed by atoms with E-state index < -0.39 is 0 Å². The van der Waals surface area contributed by atoms with Gasteiger partial charge in [-0.2, -0.15) is 0 Å². The Morgan fingerprint density at radius 1 is 1.00 bits per heavy atom. The van der Waals surface area contributed by atoms with Gasteiger partial charge in [0.1, 0.15) is 5.71 Å². The lowest BCUT2D eigenvalue weighted by atomic mass is 9.82. The van der Waals surface area contributed by atoms with Crippen molar-refractivity contribution >= 4 is 21.6 Å². The predicted molar refractivity (Wildman–Crippen MR) is 106 cm³/mol. The van der Waals surface area contributed by atoms with Gasteiger partial charge in [-0.1, -0.05) is 60.8 Å². The molecule has 1 rings (SSSR count). The van der Waals surface area contributed by atoms with Crippen LogP contribution in [0.2, 0.25) is 0 Å². The van der Waals surface area contributed by atoms with Crippen molar-refractivity contribution in [3.8, 4) is 11.8 Å². The lowest BCUT2D eigenvalue weighted by Gasteiger charge is -2.29. The molecule has 1 nitrogen and oxygen atoms in total. The van der Waals surface area contributed by atoms with E-state index in [0.717, 1.165) is 22.2 Å². The summed E-state index contributed by atoms with van der Waals surface area (Å²) >= 11 is 3.64. The molecule has 126 valence electrons. The first-order chi connectivity index (χ1) is 10.3. The lowest BCUT2D eigenvalue weighted by Crippen LogP contribution is -2.26. The van der Waals surface area contributed by atoms with Gasteiger partial charge >= 0.3 is 0 Å². The Labute approximate surface area is 151 Å². The molecule has 0 aromatic heterocycles. The smallest absolute Gasteiger partial charge is 0.116 e. The minimum Gasteiger partial charge on any atom is -0.270 e. The minimum atomic E-state index is -0.157. The van der Waals surface area contributed by atoms with Crippen molar-refractivity contribution in [2.75, 3.05) is 0 Å². The van der Waals surface area contributed by atoms with Crippen molar-refractivity contribution in [3.05, 3.63) is 34.3 Å². The normalized spacial score (nSPS) is 13.5. The van der Waals surface area contributed by atoms with Gasteiger partial charge in [-0.05, 0) is 58.4 Å². The van der Waals surface area contributed by atoms with Gasteiger partial charge in [0, 0.05) is 15.5 Å². The summed E-state index contributed by atoms with van der Waals surface area (Å²) in [5, 5.41) is 0. The predicted octanol–water partition coefficient (Wildman–Crippen LogP) is 6.50. The maximum Gasteiger partial charge on any atom is 0.116 e. The molecule has 0 heterocycles. The molecular formula is C21H30BrN. The Morgan fingerprint density at radius 3 is 2.04 bits per heavy atom. The fraction of sp³-hybridized carbons (Fsp3) is 0.571. The summed E-state index contributed by atoms with van der Waals surface area (Å²) in [6, 6.07) is 8.17. The molecule has 0 bridgehead atoms. The Hall–Kier alpha value is -1.07. The molecule has 0 aliphatic heterocycles. The summed E-state index contributed by atoms with van der Waals surface area (Å²) in [6.45, 7) is 17.5. The van der Waals surface area contributed by atoms with Gasteiger partial charge in [0.15, 0.2) is 0 Å². The quantitative estimate of drug-likeness (QED) is 0.422. The molecule has 0 saturated heterocycles. The molecule has 0 atom stereocenters. The minimum absolute atomic E-state index is 0.0454. The zero-order valence-corrected chi connectivity index (χ0v) is 17.4. The van der Waals surface area contributed by atoms with Crippen molar-refractivity contribution in [1.82, 2.24) is 0 Å². The molecule has 0 aliphatic rings. The molecule has 0 spiro atoms. The van der Waals surface area contributed by atoms with Crippen molar-refractivity contribution in [2.45, 2.75) is 67.3 Å². The maximum absolute atomic E-state index is 5.04. The first-order valence-electron chi connectivity index (χ1n) is 8.17. The van der Waals surface area contributed by atoms with Crippen LogP contribution in [0, 0.1) is 22.7 Å². The molecule has 1 aromatic rings. The highest BCUT2D eigenvalue weighted by molar-refractivity contribution is 9.10. The van der Waals surface area contributed by atoms with E-state index in [4.69, 9.17) is 4.99 Å². The van der Waals surface area contributed by atoms with Crippen molar-refractivity contribution < 1.29 is 0 Å². The second-order valence-electron chi connectivity index (χ2n) is 8.99. The van der Waals surface area contributed by atoms with E-state index in [-0.39, 0.29) is 16.4 Å². The number of halogens is 1. The summed E-state index contributed by atoms with van der Waals surface area (Å²) in [5.74, 6) is 6.66. The largest absolute Gasteiger partial charge is 0.270 e. The van der Waals surface area contributed by atoms with E-state index in [1.807, 2.05) is 18.2 Å². The van der Waals surface area contributed by atoms with Gasteiger partial charge in [0.05, 0.1) is 5.54 Å². The van der Waals surface area contributed by atoms with Crippen LogP contribution in [-0.4, -0.2) is 11.3 Å². The third kappa shape index (κ3) is 7.84. The Kier molecular flexibility index (Phi) is 6.27.